The van der Waals surface area contributed by atoms with Crippen LogP contribution in [0.4, 0.5) is 0 Å². The molecule has 0 fully saturated rings. The van der Waals surface area contributed by atoms with E-state index in [4.69, 9.17) is 22.7 Å². The first-order chi connectivity index (χ1) is 8.31. The van der Waals surface area contributed by atoms with Crippen LogP contribution < -0.4 is 10.5 Å². The van der Waals surface area contributed by atoms with Gasteiger partial charge in [0.2, 0.25) is 0 Å². The number of hydrogen-bond acceptors (Lipinski definition) is 2. The lowest BCUT2D eigenvalue weighted by Gasteiger charge is -2.25. The van der Waals surface area contributed by atoms with Gasteiger partial charge in [0, 0.05) is 5.92 Å². The van der Waals surface area contributed by atoms with Crippen LogP contribution in [0.25, 0.3) is 0 Å². The molecule has 1 aromatic rings. The maximum absolute atomic E-state index is 5.78. The molecule has 0 heterocycles. The van der Waals surface area contributed by atoms with Crippen molar-refractivity contribution in [3.05, 3.63) is 28.3 Å². The molecule has 0 spiro atoms. The van der Waals surface area contributed by atoms with E-state index >= 15 is 0 Å². The van der Waals surface area contributed by atoms with Crippen molar-refractivity contribution in [1.29, 1.82) is 0 Å². The SMILES string of the molecule is COc1cc(C)c(C(C)C(C)C(N)=S)c(C)c1C. The van der Waals surface area contributed by atoms with E-state index in [-0.39, 0.29) is 5.92 Å². The topological polar surface area (TPSA) is 35.2 Å². The van der Waals surface area contributed by atoms with Crippen molar-refractivity contribution in [3.63, 3.8) is 0 Å². The van der Waals surface area contributed by atoms with Crippen LogP contribution in [0.5, 0.6) is 5.75 Å². The van der Waals surface area contributed by atoms with Crippen LogP contribution in [0.15, 0.2) is 6.07 Å². The van der Waals surface area contributed by atoms with Gasteiger partial charge in [-0.15, -0.1) is 0 Å². The minimum atomic E-state index is 0.199. The van der Waals surface area contributed by atoms with E-state index in [1.165, 1.54) is 22.3 Å². The van der Waals surface area contributed by atoms with Gasteiger partial charge in [-0.05, 0) is 55.0 Å². The van der Waals surface area contributed by atoms with E-state index < -0.39 is 0 Å². The van der Waals surface area contributed by atoms with Gasteiger partial charge in [0.15, 0.2) is 0 Å². The summed E-state index contributed by atoms with van der Waals surface area (Å²) in [6.07, 6.45) is 0. The number of thiocarbonyl (C=S) groups is 1. The normalized spacial score (nSPS) is 14.1. The van der Waals surface area contributed by atoms with E-state index in [9.17, 15) is 0 Å². The summed E-state index contributed by atoms with van der Waals surface area (Å²) in [7, 11) is 1.71. The smallest absolute Gasteiger partial charge is 0.122 e. The van der Waals surface area contributed by atoms with Crippen molar-refractivity contribution in [3.8, 4) is 5.75 Å². The Morgan fingerprint density at radius 1 is 1.22 bits per heavy atom. The van der Waals surface area contributed by atoms with Gasteiger partial charge in [0.25, 0.3) is 0 Å². The molecule has 0 aliphatic rings. The zero-order chi connectivity index (χ0) is 14.0. The molecule has 0 radical (unpaired) electrons. The summed E-state index contributed by atoms with van der Waals surface area (Å²) >= 11 is 5.12. The lowest BCUT2D eigenvalue weighted by molar-refractivity contribution is 0.410. The predicted octanol–water partition coefficient (Wildman–Crippen LogP) is 3.65. The summed E-state index contributed by atoms with van der Waals surface area (Å²) in [4.78, 5) is 0.578. The van der Waals surface area contributed by atoms with Crippen LogP contribution >= 0.6 is 12.2 Å². The fourth-order valence-corrected chi connectivity index (χ4v) is 2.68. The van der Waals surface area contributed by atoms with Gasteiger partial charge in [-0.2, -0.15) is 0 Å². The number of ether oxygens (including phenoxy) is 1. The Morgan fingerprint density at radius 3 is 2.22 bits per heavy atom. The maximum Gasteiger partial charge on any atom is 0.122 e. The van der Waals surface area contributed by atoms with Crippen LogP contribution in [0.2, 0.25) is 0 Å². The zero-order valence-corrected chi connectivity index (χ0v) is 12.9. The van der Waals surface area contributed by atoms with Gasteiger partial charge in [0.05, 0.1) is 12.1 Å². The number of methoxy groups -OCH3 is 1. The quantitative estimate of drug-likeness (QED) is 0.844. The van der Waals surface area contributed by atoms with Crippen molar-refractivity contribution < 1.29 is 4.74 Å². The molecule has 1 rings (SSSR count). The van der Waals surface area contributed by atoms with E-state index in [0.717, 1.165) is 5.75 Å². The lowest BCUT2D eigenvalue weighted by Crippen LogP contribution is -2.24. The summed E-state index contributed by atoms with van der Waals surface area (Å²) in [5.74, 6) is 1.47. The first kappa shape index (κ1) is 15.0. The van der Waals surface area contributed by atoms with E-state index in [1.54, 1.807) is 7.11 Å². The van der Waals surface area contributed by atoms with Crippen molar-refractivity contribution in [2.45, 2.75) is 40.5 Å². The predicted molar refractivity (Wildman–Crippen MR) is 81.6 cm³/mol. The second kappa shape index (κ2) is 5.70. The average Bonchev–Trinajstić information content (AvgIpc) is 2.32. The van der Waals surface area contributed by atoms with Crippen LogP contribution in [-0.4, -0.2) is 12.1 Å². The summed E-state index contributed by atoms with van der Waals surface area (Å²) in [5, 5.41) is 0. The molecule has 0 aromatic heterocycles. The fraction of sp³-hybridized carbons (Fsp3) is 0.533. The summed E-state index contributed by atoms with van der Waals surface area (Å²) in [6.45, 7) is 10.6. The molecule has 3 heteroatoms. The molecule has 0 aliphatic carbocycles. The van der Waals surface area contributed by atoms with Gasteiger partial charge in [0.1, 0.15) is 5.75 Å². The molecule has 100 valence electrons. The number of benzene rings is 1. The molecule has 2 unspecified atom stereocenters. The third-order valence-corrected chi connectivity index (χ3v) is 4.35. The fourth-order valence-electron chi connectivity index (χ4n) is 2.47. The second-order valence-electron chi connectivity index (χ2n) is 5.04. The first-order valence-electron chi connectivity index (χ1n) is 6.25. The summed E-state index contributed by atoms with van der Waals surface area (Å²) < 4.78 is 5.40. The van der Waals surface area contributed by atoms with Gasteiger partial charge >= 0.3 is 0 Å². The molecule has 0 amide bonds. The van der Waals surface area contributed by atoms with Crippen LogP contribution in [-0.2, 0) is 0 Å². The Labute approximate surface area is 116 Å². The van der Waals surface area contributed by atoms with Crippen LogP contribution in [0, 0.1) is 26.7 Å². The van der Waals surface area contributed by atoms with Gasteiger partial charge in [-0.25, -0.2) is 0 Å². The summed E-state index contributed by atoms with van der Waals surface area (Å²) in [5.41, 5.74) is 10.8. The number of nitrogens with two attached hydrogens (primary N) is 1. The monoisotopic (exact) mass is 265 g/mol. The van der Waals surface area contributed by atoms with Gasteiger partial charge < -0.3 is 10.5 Å². The standard InChI is InChI=1S/C15H23NOS/c1-8-7-13(17-6)9(2)10(3)14(8)11(4)12(5)15(16)18/h7,11-12H,1-6H3,(H2,16,18). The first-order valence-corrected chi connectivity index (χ1v) is 6.66. The Hall–Kier alpha value is -1.09. The summed E-state index contributed by atoms with van der Waals surface area (Å²) in [6, 6.07) is 2.10. The number of rotatable bonds is 4. The highest BCUT2D eigenvalue weighted by atomic mass is 32.1. The molecule has 0 bridgehead atoms. The molecular weight excluding hydrogens is 242 g/mol. The van der Waals surface area contributed by atoms with Crippen molar-refractivity contribution in [2.24, 2.45) is 11.7 Å². The largest absolute Gasteiger partial charge is 0.496 e. The Bertz CT molecular complexity index is 468. The lowest BCUT2D eigenvalue weighted by atomic mass is 9.82. The molecular formula is C15H23NOS. The Morgan fingerprint density at radius 2 is 1.78 bits per heavy atom. The van der Waals surface area contributed by atoms with Crippen LogP contribution in [0.1, 0.15) is 42.0 Å². The molecule has 1 aromatic carbocycles. The molecule has 2 atom stereocenters. The molecule has 0 aliphatic heterocycles. The van der Waals surface area contributed by atoms with Gasteiger partial charge in [-0.3, -0.25) is 0 Å². The highest BCUT2D eigenvalue weighted by molar-refractivity contribution is 7.80. The zero-order valence-electron chi connectivity index (χ0n) is 12.1. The molecule has 0 saturated heterocycles. The maximum atomic E-state index is 5.78. The van der Waals surface area contributed by atoms with E-state index in [2.05, 4.69) is 40.7 Å². The Balaban J connectivity index is 3.33. The molecule has 0 saturated carbocycles. The third kappa shape index (κ3) is 2.66. The third-order valence-electron chi connectivity index (χ3n) is 3.98. The van der Waals surface area contributed by atoms with Crippen molar-refractivity contribution in [1.82, 2.24) is 0 Å². The van der Waals surface area contributed by atoms with Gasteiger partial charge in [-0.1, -0.05) is 26.1 Å². The second-order valence-corrected chi connectivity index (χ2v) is 5.51. The van der Waals surface area contributed by atoms with Crippen LogP contribution in [0.3, 0.4) is 0 Å². The number of hydrogen-bond donors (Lipinski definition) is 1. The average molecular weight is 265 g/mol. The minimum absolute atomic E-state index is 0.199. The molecule has 2 nitrogen and oxygen atoms in total. The molecule has 2 N–H and O–H groups in total. The molecule has 18 heavy (non-hydrogen) atoms. The highest BCUT2D eigenvalue weighted by Crippen LogP contribution is 2.35. The highest BCUT2D eigenvalue weighted by Gasteiger charge is 2.22. The van der Waals surface area contributed by atoms with E-state index in [1.807, 2.05) is 0 Å². The Kier molecular flexibility index (Phi) is 4.74. The van der Waals surface area contributed by atoms with E-state index in [0.29, 0.717) is 10.9 Å². The minimum Gasteiger partial charge on any atom is -0.496 e. The van der Waals surface area contributed by atoms with Crippen molar-refractivity contribution >= 4 is 17.2 Å². The van der Waals surface area contributed by atoms with Crippen molar-refractivity contribution in [2.75, 3.05) is 7.11 Å². The number of aryl methyl sites for hydroxylation is 1.